The molecule has 0 aliphatic carbocycles. The fourth-order valence-corrected chi connectivity index (χ4v) is 2.08. The summed E-state index contributed by atoms with van der Waals surface area (Å²) in [6.07, 6.45) is 1.79. The number of halogens is 1. The van der Waals surface area contributed by atoms with Gasteiger partial charge in [0.15, 0.2) is 0 Å². The molecule has 2 aromatic rings. The van der Waals surface area contributed by atoms with Crippen molar-refractivity contribution in [3.05, 3.63) is 46.4 Å². The van der Waals surface area contributed by atoms with Crippen molar-refractivity contribution in [2.45, 2.75) is 13.0 Å². The van der Waals surface area contributed by atoms with E-state index in [4.69, 9.17) is 4.74 Å². The maximum atomic E-state index is 11.7. The lowest BCUT2D eigenvalue weighted by Crippen LogP contribution is -2.24. The summed E-state index contributed by atoms with van der Waals surface area (Å²) in [7, 11) is 1.68. The smallest absolute Gasteiger partial charge is 0.255 e. The molecule has 0 spiro atoms. The van der Waals surface area contributed by atoms with Crippen molar-refractivity contribution in [1.82, 2.24) is 10.3 Å². The van der Waals surface area contributed by atoms with E-state index < -0.39 is 0 Å². The van der Waals surface area contributed by atoms with Crippen LogP contribution in [0.4, 0.5) is 0 Å². The first-order valence-corrected chi connectivity index (χ1v) is 6.06. The van der Waals surface area contributed by atoms with Crippen LogP contribution < -0.4 is 10.9 Å². The average molecular weight is 283 g/mol. The molecule has 104 valence electrons. The number of nitrogens with one attached hydrogen (secondary N) is 2. The molecule has 1 aromatic heterocycles. The summed E-state index contributed by atoms with van der Waals surface area (Å²) in [5.74, 6) is 0. The third kappa shape index (κ3) is 3.56. The van der Waals surface area contributed by atoms with Crippen molar-refractivity contribution in [1.29, 1.82) is 0 Å². The van der Waals surface area contributed by atoms with Crippen molar-refractivity contribution >= 4 is 23.2 Å². The van der Waals surface area contributed by atoms with Gasteiger partial charge in [-0.3, -0.25) is 4.79 Å². The molecule has 0 radical (unpaired) electrons. The molecule has 0 fully saturated rings. The summed E-state index contributed by atoms with van der Waals surface area (Å²) in [4.78, 5) is 14.5. The molecule has 19 heavy (non-hydrogen) atoms. The molecular weight excluding hydrogens is 264 g/mol. The number of fused-ring (bicyclic) bond motifs is 1. The number of hydrogen-bond donors (Lipinski definition) is 2. The molecule has 0 saturated carbocycles. The van der Waals surface area contributed by atoms with Gasteiger partial charge in [-0.2, -0.15) is 0 Å². The molecule has 0 saturated heterocycles. The SMILES string of the molecule is COCCNC(C)c1c[nH]c(=O)c2ccccc12.Cl. The maximum absolute atomic E-state index is 11.7. The quantitative estimate of drug-likeness (QED) is 0.827. The molecule has 5 heteroatoms. The molecular formula is C14H19ClN2O2. The van der Waals surface area contributed by atoms with Crippen LogP contribution in [0.2, 0.25) is 0 Å². The Balaban J connectivity index is 0.00000180. The first kappa shape index (κ1) is 15.7. The van der Waals surface area contributed by atoms with E-state index in [1.165, 1.54) is 0 Å². The fourth-order valence-electron chi connectivity index (χ4n) is 2.08. The van der Waals surface area contributed by atoms with Gasteiger partial charge in [0, 0.05) is 31.3 Å². The molecule has 0 aliphatic rings. The predicted molar refractivity (Wildman–Crippen MR) is 80.1 cm³/mol. The monoisotopic (exact) mass is 282 g/mol. The lowest BCUT2D eigenvalue weighted by molar-refractivity contribution is 0.196. The van der Waals surface area contributed by atoms with Crippen LogP contribution in [0.15, 0.2) is 35.3 Å². The van der Waals surface area contributed by atoms with E-state index in [1.807, 2.05) is 24.3 Å². The number of methoxy groups -OCH3 is 1. The van der Waals surface area contributed by atoms with Gasteiger partial charge in [0.2, 0.25) is 0 Å². The van der Waals surface area contributed by atoms with E-state index in [0.29, 0.717) is 6.61 Å². The summed E-state index contributed by atoms with van der Waals surface area (Å²) < 4.78 is 5.01. The lowest BCUT2D eigenvalue weighted by atomic mass is 10.0. The van der Waals surface area contributed by atoms with Crippen LogP contribution in [0.3, 0.4) is 0 Å². The van der Waals surface area contributed by atoms with E-state index in [9.17, 15) is 4.79 Å². The largest absolute Gasteiger partial charge is 0.383 e. The Hall–Kier alpha value is -1.36. The molecule has 0 amide bonds. The Labute approximate surface area is 118 Å². The van der Waals surface area contributed by atoms with Crippen molar-refractivity contribution in [2.75, 3.05) is 20.3 Å². The van der Waals surface area contributed by atoms with Crippen molar-refractivity contribution < 1.29 is 4.74 Å². The average Bonchev–Trinajstić information content (AvgIpc) is 2.39. The van der Waals surface area contributed by atoms with Crippen LogP contribution in [-0.2, 0) is 4.74 Å². The van der Waals surface area contributed by atoms with Gasteiger partial charge >= 0.3 is 0 Å². The van der Waals surface area contributed by atoms with Crippen molar-refractivity contribution in [3.63, 3.8) is 0 Å². The number of aromatic nitrogens is 1. The van der Waals surface area contributed by atoms with Gasteiger partial charge in [-0.15, -0.1) is 12.4 Å². The van der Waals surface area contributed by atoms with Gasteiger partial charge in [-0.25, -0.2) is 0 Å². The van der Waals surface area contributed by atoms with Gasteiger partial charge < -0.3 is 15.0 Å². The number of benzene rings is 1. The van der Waals surface area contributed by atoms with Crippen LogP contribution >= 0.6 is 12.4 Å². The molecule has 2 N–H and O–H groups in total. The predicted octanol–water partition coefficient (Wildman–Crippen LogP) is 2.25. The van der Waals surface area contributed by atoms with Gasteiger partial charge in [0.05, 0.1) is 6.61 Å². The van der Waals surface area contributed by atoms with E-state index in [1.54, 1.807) is 13.3 Å². The Bertz CT molecular complexity index is 583. The van der Waals surface area contributed by atoms with Crippen LogP contribution in [0.25, 0.3) is 10.8 Å². The Morgan fingerprint density at radius 3 is 2.68 bits per heavy atom. The second kappa shape index (κ2) is 7.28. The molecule has 1 aromatic carbocycles. The lowest BCUT2D eigenvalue weighted by Gasteiger charge is -2.15. The van der Waals surface area contributed by atoms with E-state index in [0.717, 1.165) is 22.9 Å². The minimum Gasteiger partial charge on any atom is -0.383 e. The minimum atomic E-state index is -0.0431. The normalized spacial score (nSPS) is 12.1. The zero-order valence-electron chi connectivity index (χ0n) is 11.1. The van der Waals surface area contributed by atoms with Crippen LogP contribution in [0, 0.1) is 0 Å². The van der Waals surface area contributed by atoms with Gasteiger partial charge in [-0.1, -0.05) is 18.2 Å². The topological polar surface area (TPSA) is 54.1 Å². The summed E-state index contributed by atoms with van der Waals surface area (Å²) in [6.45, 7) is 3.53. The summed E-state index contributed by atoms with van der Waals surface area (Å²) in [5.41, 5.74) is 1.06. The third-order valence-electron chi connectivity index (χ3n) is 3.06. The molecule has 1 unspecified atom stereocenters. The van der Waals surface area contributed by atoms with E-state index in [2.05, 4.69) is 17.2 Å². The molecule has 0 aliphatic heterocycles. The molecule has 1 heterocycles. The molecule has 4 nitrogen and oxygen atoms in total. The number of hydrogen-bond acceptors (Lipinski definition) is 3. The highest BCUT2D eigenvalue weighted by Gasteiger charge is 2.10. The molecule has 1 atom stereocenters. The number of ether oxygens (including phenoxy) is 1. The first-order valence-electron chi connectivity index (χ1n) is 6.06. The highest BCUT2D eigenvalue weighted by atomic mass is 35.5. The summed E-state index contributed by atoms with van der Waals surface area (Å²) in [6, 6.07) is 7.83. The highest BCUT2D eigenvalue weighted by Crippen LogP contribution is 2.20. The molecule has 0 bridgehead atoms. The second-order valence-electron chi connectivity index (χ2n) is 4.29. The third-order valence-corrected chi connectivity index (χ3v) is 3.06. The summed E-state index contributed by atoms with van der Waals surface area (Å²) >= 11 is 0. The van der Waals surface area contributed by atoms with E-state index >= 15 is 0 Å². The van der Waals surface area contributed by atoms with Gasteiger partial charge in [-0.05, 0) is 23.9 Å². The van der Waals surface area contributed by atoms with Crippen LogP contribution in [0.1, 0.15) is 18.5 Å². The van der Waals surface area contributed by atoms with Gasteiger partial charge in [0.25, 0.3) is 5.56 Å². The standard InChI is InChI=1S/C14H18N2O2.ClH/c1-10(15-7-8-18-2)13-9-16-14(17)12-6-4-3-5-11(12)13;/h3-6,9-10,15H,7-8H2,1-2H3,(H,16,17);1H. The Kier molecular flexibility index (Phi) is 6.02. The zero-order chi connectivity index (χ0) is 13.0. The maximum Gasteiger partial charge on any atom is 0.255 e. The number of pyridine rings is 1. The zero-order valence-corrected chi connectivity index (χ0v) is 11.9. The number of aromatic amines is 1. The number of rotatable bonds is 5. The number of H-pyrrole nitrogens is 1. The van der Waals surface area contributed by atoms with Crippen molar-refractivity contribution in [2.24, 2.45) is 0 Å². The van der Waals surface area contributed by atoms with Gasteiger partial charge in [0.1, 0.15) is 0 Å². The fraction of sp³-hybridized carbons (Fsp3) is 0.357. The van der Waals surface area contributed by atoms with Crippen LogP contribution in [-0.4, -0.2) is 25.2 Å². The molecule has 2 rings (SSSR count). The Morgan fingerprint density at radius 2 is 2.00 bits per heavy atom. The summed E-state index contributed by atoms with van der Waals surface area (Å²) in [5, 5.41) is 5.09. The minimum absolute atomic E-state index is 0. The first-order chi connectivity index (χ1) is 8.74. The highest BCUT2D eigenvalue weighted by molar-refractivity contribution is 5.85. The van der Waals surface area contributed by atoms with Crippen LogP contribution in [0.5, 0.6) is 0 Å². The second-order valence-corrected chi connectivity index (χ2v) is 4.29. The van der Waals surface area contributed by atoms with Crippen molar-refractivity contribution in [3.8, 4) is 0 Å². The van der Waals surface area contributed by atoms with E-state index in [-0.39, 0.29) is 24.0 Å². The Morgan fingerprint density at radius 1 is 1.32 bits per heavy atom.